The number of hydrogen-bond acceptors (Lipinski definition) is 6. The van der Waals surface area contributed by atoms with Crippen LogP contribution >= 0.6 is 23.7 Å². The molecule has 0 aliphatic rings. The fourth-order valence-corrected chi connectivity index (χ4v) is 2.83. The molecule has 7 heteroatoms. The van der Waals surface area contributed by atoms with Gasteiger partial charge in [0.25, 0.3) is 0 Å². The Labute approximate surface area is 156 Å². The summed E-state index contributed by atoms with van der Waals surface area (Å²) < 4.78 is 5.93. The van der Waals surface area contributed by atoms with E-state index in [0.717, 1.165) is 28.2 Å². The predicted molar refractivity (Wildman–Crippen MR) is 102 cm³/mol. The smallest absolute Gasteiger partial charge is 0.188 e. The molecule has 25 heavy (non-hydrogen) atoms. The Balaban J connectivity index is 0.00000225. The average molecular weight is 376 g/mol. The van der Waals surface area contributed by atoms with Gasteiger partial charge in [0, 0.05) is 18.0 Å². The molecule has 3 aromatic rings. The normalized spacial score (nSPS) is 9.96. The number of nitrogens with zero attached hydrogens (tertiary/aromatic N) is 2. The summed E-state index contributed by atoms with van der Waals surface area (Å²) in [5.41, 5.74) is 2.83. The number of carbonyl (C=O) groups excluding carboxylic acids is 1. The van der Waals surface area contributed by atoms with Crippen molar-refractivity contribution in [1.82, 2.24) is 9.97 Å². The van der Waals surface area contributed by atoms with E-state index in [0.29, 0.717) is 24.6 Å². The molecule has 1 N–H and O–H groups in total. The van der Waals surface area contributed by atoms with Gasteiger partial charge in [0.2, 0.25) is 0 Å². The quantitative estimate of drug-likeness (QED) is 0.622. The first-order valence-corrected chi connectivity index (χ1v) is 8.41. The van der Waals surface area contributed by atoms with Crippen LogP contribution in [0, 0.1) is 6.92 Å². The molecule has 0 spiro atoms. The lowest BCUT2D eigenvalue weighted by Gasteiger charge is -2.12. The van der Waals surface area contributed by atoms with Crippen molar-refractivity contribution in [1.29, 1.82) is 0 Å². The average Bonchev–Trinajstić information content (AvgIpc) is 3.01. The van der Waals surface area contributed by atoms with Gasteiger partial charge in [-0.05, 0) is 24.1 Å². The van der Waals surface area contributed by atoms with Crippen molar-refractivity contribution < 1.29 is 9.53 Å². The molecule has 0 atom stereocenters. The Kier molecular flexibility index (Phi) is 6.91. The molecular formula is C18H18ClN3O2S. The van der Waals surface area contributed by atoms with E-state index in [9.17, 15) is 4.79 Å². The first kappa shape index (κ1) is 18.9. The Morgan fingerprint density at radius 1 is 1.24 bits per heavy atom. The number of nitrogens with one attached hydrogen (secondary N) is 1. The number of benzene rings is 1. The maximum Gasteiger partial charge on any atom is 0.188 e. The first-order chi connectivity index (χ1) is 11.7. The highest BCUT2D eigenvalue weighted by molar-refractivity contribution is 7.13. The van der Waals surface area contributed by atoms with Gasteiger partial charge in [0.05, 0.1) is 5.69 Å². The van der Waals surface area contributed by atoms with E-state index in [2.05, 4.69) is 15.3 Å². The van der Waals surface area contributed by atoms with Gasteiger partial charge in [0.15, 0.2) is 16.7 Å². The minimum atomic E-state index is 0. The van der Waals surface area contributed by atoms with Crippen molar-refractivity contribution in [2.75, 3.05) is 5.32 Å². The lowest BCUT2D eigenvalue weighted by atomic mass is 10.2. The van der Waals surface area contributed by atoms with Crippen molar-refractivity contribution in [2.45, 2.75) is 20.0 Å². The highest BCUT2D eigenvalue weighted by Gasteiger charge is 2.10. The molecule has 0 amide bonds. The van der Waals surface area contributed by atoms with E-state index in [1.54, 1.807) is 6.20 Å². The van der Waals surface area contributed by atoms with Crippen LogP contribution in [0.3, 0.4) is 0 Å². The largest absolute Gasteiger partial charge is 0.485 e. The van der Waals surface area contributed by atoms with Crippen LogP contribution in [0.2, 0.25) is 0 Å². The zero-order valence-electron chi connectivity index (χ0n) is 13.6. The van der Waals surface area contributed by atoms with Gasteiger partial charge < -0.3 is 14.8 Å². The highest BCUT2D eigenvalue weighted by atomic mass is 35.5. The van der Waals surface area contributed by atoms with Gasteiger partial charge in [-0.15, -0.1) is 23.7 Å². The standard InChI is InChI=1S/C18H17N3O2S.ClH/c1-13-12-24-18(20-13)21-17-16(9-15(7-8-22)10-19-17)23-11-14-5-3-2-4-6-14;/h2-6,8-10,12H,7,11H2,1H3,(H,19,20,21);1H. The second-order valence-electron chi connectivity index (χ2n) is 5.25. The number of thiazole rings is 1. The van der Waals surface area contributed by atoms with Gasteiger partial charge in [0.1, 0.15) is 12.9 Å². The first-order valence-electron chi connectivity index (χ1n) is 7.53. The third-order valence-electron chi connectivity index (χ3n) is 3.31. The fraction of sp³-hybridized carbons (Fsp3) is 0.167. The molecular weight excluding hydrogens is 358 g/mol. The molecule has 130 valence electrons. The zero-order valence-corrected chi connectivity index (χ0v) is 15.3. The number of hydrogen-bond donors (Lipinski definition) is 1. The van der Waals surface area contributed by atoms with Gasteiger partial charge >= 0.3 is 0 Å². The number of anilines is 2. The van der Waals surface area contributed by atoms with Crippen LogP contribution in [0.1, 0.15) is 16.8 Å². The molecule has 3 rings (SSSR count). The molecule has 5 nitrogen and oxygen atoms in total. The number of rotatable bonds is 7. The molecule has 0 bridgehead atoms. The maximum absolute atomic E-state index is 10.8. The van der Waals surface area contributed by atoms with Gasteiger partial charge in [-0.2, -0.15) is 0 Å². The second-order valence-corrected chi connectivity index (χ2v) is 6.11. The number of halogens is 1. The van der Waals surface area contributed by atoms with Crippen molar-refractivity contribution in [3.05, 3.63) is 64.8 Å². The van der Waals surface area contributed by atoms with E-state index < -0.39 is 0 Å². The molecule has 0 fully saturated rings. The minimum absolute atomic E-state index is 0. The molecule has 0 saturated carbocycles. The summed E-state index contributed by atoms with van der Waals surface area (Å²) in [7, 11) is 0. The van der Waals surface area contributed by atoms with Crippen LogP contribution in [0.4, 0.5) is 10.9 Å². The van der Waals surface area contributed by atoms with E-state index in [1.807, 2.05) is 48.7 Å². The predicted octanol–water partition coefficient (Wildman–Crippen LogP) is 4.33. The lowest BCUT2D eigenvalue weighted by Crippen LogP contribution is -2.02. The third-order valence-corrected chi connectivity index (χ3v) is 4.19. The SMILES string of the molecule is Cc1csc(Nc2ncc(CC=O)cc2OCc2ccccc2)n1.Cl. The Bertz CT molecular complexity index is 824. The number of pyridine rings is 1. The second kappa shape index (κ2) is 9.15. The highest BCUT2D eigenvalue weighted by Crippen LogP contribution is 2.28. The van der Waals surface area contributed by atoms with Crippen LogP contribution in [0.5, 0.6) is 5.75 Å². The Hall–Kier alpha value is -2.44. The summed E-state index contributed by atoms with van der Waals surface area (Å²) in [6.45, 7) is 2.37. The summed E-state index contributed by atoms with van der Waals surface area (Å²) in [5, 5.41) is 5.90. The molecule has 0 unspecified atom stereocenters. The van der Waals surface area contributed by atoms with Gasteiger partial charge in [-0.3, -0.25) is 0 Å². The molecule has 0 radical (unpaired) electrons. The van der Waals surface area contributed by atoms with Crippen molar-refractivity contribution in [3.63, 3.8) is 0 Å². The summed E-state index contributed by atoms with van der Waals surface area (Å²) in [5.74, 6) is 1.20. The van der Waals surface area contributed by atoms with Crippen LogP contribution < -0.4 is 10.1 Å². The summed E-state index contributed by atoms with van der Waals surface area (Å²) in [4.78, 5) is 19.5. The van der Waals surface area contributed by atoms with Crippen LogP contribution in [-0.2, 0) is 17.8 Å². The number of aryl methyl sites for hydroxylation is 1. The number of aromatic nitrogens is 2. The number of aldehydes is 1. The molecule has 2 aromatic heterocycles. The lowest BCUT2D eigenvalue weighted by molar-refractivity contribution is -0.107. The maximum atomic E-state index is 10.8. The molecule has 0 saturated heterocycles. The van der Waals surface area contributed by atoms with Crippen molar-refractivity contribution in [3.8, 4) is 5.75 Å². The topological polar surface area (TPSA) is 64.1 Å². The molecule has 0 aliphatic carbocycles. The fourth-order valence-electron chi connectivity index (χ4n) is 2.14. The van der Waals surface area contributed by atoms with Gasteiger partial charge in [-0.1, -0.05) is 30.3 Å². The molecule has 1 aromatic carbocycles. The monoisotopic (exact) mass is 375 g/mol. The minimum Gasteiger partial charge on any atom is -0.485 e. The zero-order chi connectivity index (χ0) is 16.8. The number of carbonyl (C=O) groups is 1. The number of ether oxygens (including phenoxy) is 1. The summed E-state index contributed by atoms with van der Waals surface area (Å²) in [6.07, 6.45) is 2.84. The summed E-state index contributed by atoms with van der Waals surface area (Å²) >= 11 is 1.51. The van der Waals surface area contributed by atoms with E-state index in [1.165, 1.54) is 11.3 Å². The van der Waals surface area contributed by atoms with Crippen LogP contribution in [0.15, 0.2) is 48.0 Å². The Morgan fingerprint density at radius 2 is 2.04 bits per heavy atom. The van der Waals surface area contributed by atoms with E-state index >= 15 is 0 Å². The summed E-state index contributed by atoms with van der Waals surface area (Å²) in [6, 6.07) is 11.7. The Morgan fingerprint density at radius 3 is 2.72 bits per heavy atom. The van der Waals surface area contributed by atoms with E-state index in [-0.39, 0.29) is 12.4 Å². The molecule has 0 aliphatic heterocycles. The van der Waals surface area contributed by atoms with Crippen molar-refractivity contribution >= 4 is 41.0 Å². The van der Waals surface area contributed by atoms with E-state index in [4.69, 9.17) is 4.74 Å². The van der Waals surface area contributed by atoms with Crippen LogP contribution in [0.25, 0.3) is 0 Å². The van der Waals surface area contributed by atoms with Crippen LogP contribution in [-0.4, -0.2) is 16.3 Å². The molecule has 2 heterocycles. The third kappa shape index (κ3) is 5.27. The van der Waals surface area contributed by atoms with Gasteiger partial charge in [-0.25, -0.2) is 9.97 Å². The van der Waals surface area contributed by atoms with Crippen molar-refractivity contribution in [2.24, 2.45) is 0 Å².